The molecular formula is C20H28N6O2. The number of nitrogens with zero attached hydrogens (tertiary/aromatic N) is 4. The van der Waals surface area contributed by atoms with E-state index in [1.54, 1.807) is 19.2 Å². The molecule has 0 aliphatic carbocycles. The topological polar surface area (TPSA) is 82.6 Å². The molecule has 2 N–H and O–H groups in total. The fraction of sp³-hybridized carbons (Fsp3) is 0.450. The summed E-state index contributed by atoms with van der Waals surface area (Å²) < 4.78 is 4.96. The minimum atomic E-state index is -0.230. The molecule has 28 heavy (non-hydrogen) atoms. The van der Waals surface area contributed by atoms with E-state index in [2.05, 4.69) is 49.8 Å². The SMILES string of the molecule is COCCCNC(=O)c1ccc(Nc2ccc(N3CCN(C)CC3)cc2)nn1. The quantitative estimate of drug-likeness (QED) is 0.671. The number of carbonyl (C=O) groups excluding carboxylic acids is 1. The number of rotatable bonds is 8. The summed E-state index contributed by atoms with van der Waals surface area (Å²) in [5.74, 6) is 0.370. The molecule has 8 heteroatoms. The lowest BCUT2D eigenvalue weighted by Crippen LogP contribution is -2.44. The molecule has 0 saturated carbocycles. The number of piperazine rings is 1. The second kappa shape index (κ2) is 10.0. The Morgan fingerprint density at radius 1 is 1.07 bits per heavy atom. The maximum Gasteiger partial charge on any atom is 0.271 e. The van der Waals surface area contributed by atoms with Crippen LogP contribution < -0.4 is 15.5 Å². The largest absolute Gasteiger partial charge is 0.385 e. The molecule has 8 nitrogen and oxygen atoms in total. The summed E-state index contributed by atoms with van der Waals surface area (Å²) in [6.07, 6.45) is 0.763. The molecule has 1 amide bonds. The predicted molar refractivity (Wildman–Crippen MR) is 110 cm³/mol. The maximum atomic E-state index is 12.0. The van der Waals surface area contributed by atoms with Crippen molar-refractivity contribution in [2.75, 3.05) is 63.7 Å². The Balaban J connectivity index is 1.51. The predicted octanol–water partition coefficient (Wildman–Crippen LogP) is 1.74. The first kappa shape index (κ1) is 20.0. The fourth-order valence-corrected chi connectivity index (χ4v) is 3.00. The molecular weight excluding hydrogens is 356 g/mol. The van der Waals surface area contributed by atoms with Gasteiger partial charge in [0.25, 0.3) is 5.91 Å². The van der Waals surface area contributed by atoms with E-state index in [4.69, 9.17) is 4.74 Å². The van der Waals surface area contributed by atoms with Crippen LogP contribution in [0.1, 0.15) is 16.9 Å². The highest BCUT2D eigenvalue weighted by atomic mass is 16.5. The molecule has 0 spiro atoms. The molecule has 1 aromatic carbocycles. The van der Waals surface area contributed by atoms with Gasteiger partial charge in [0.2, 0.25) is 0 Å². The minimum Gasteiger partial charge on any atom is -0.385 e. The Labute approximate surface area is 165 Å². The van der Waals surface area contributed by atoms with Crippen molar-refractivity contribution in [2.45, 2.75) is 6.42 Å². The third kappa shape index (κ3) is 5.64. The van der Waals surface area contributed by atoms with Gasteiger partial charge in [0.1, 0.15) is 0 Å². The van der Waals surface area contributed by atoms with E-state index in [1.165, 1.54) is 5.69 Å². The smallest absolute Gasteiger partial charge is 0.271 e. The number of methoxy groups -OCH3 is 1. The van der Waals surface area contributed by atoms with E-state index in [0.29, 0.717) is 24.7 Å². The Morgan fingerprint density at radius 3 is 2.46 bits per heavy atom. The lowest BCUT2D eigenvalue weighted by atomic mass is 10.2. The lowest BCUT2D eigenvalue weighted by Gasteiger charge is -2.34. The van der Waals surface area contributed by atoms with E-state index < -0.39 is 0 Å². The first-order valence-electron chi connectivity index (χ1n) is 9.57. The zero-order valence-electron chi connectivity index (χ0n) is 16.5. The molecule has 0 radical (unpaired) electrons. The van der Waals surface area contributed by atoms with Gasteiger partial charge in [-0.3, -0.25) is 4.79 Å². The Bertz CT molecular complexity index is 742. The summed E-state index contributed by atoms with van der Waals surface area (Å²) in [5, 5.41) is 14.1. The van der Waals surface area contributed by atoms with Gasteiger partial charge in [-0.15, -0.1) is 10.2 Å². The summed E-state index contributed by atoms with van der Waals surface area (Å²) in [4.78, 5) is 16.7. The van der Waals surface area contributed by atoms with Gasteiger partial charge in [-0.1, -0.05) is 0 Å². The van der Waals surface area contributed by atoms with E-state index >= 15 is 0 Å². The van der Waals surface area contributed by atoms with Crippen molar-refractivity contribution < 1.29 is 9.53 Å². The van der Waals surface area contributed by atoms with Gasteiger partial charge < -0.3 is 25.2 Å². The van der Waals surface area contributed by atoms with Crippen LogP contribution >= 0.6 is 0 Å². The van der Waals surface area contributed by atoms with E-state index in [9.17, 15) is 4.79 Å². The third-order valence-electron chi connectivity index (χ3n) is 4.72. The van der Waals surface area contributed by atoms with Crippen LogP contribution in [0.5, 0.6) is 0 Å². The van der Waals surface area contributed by atoms with Crippen LogP contribution in [0.25, 0.3) is 0 Å². The van der Waals surface area contributed by atoms with Crippen LogP contribution in [-0.4, -0.2) is 74.5 Å². The molecule has 1 aromatic heterocycles. The molecule has 150 valence electrons. The summed E-state index contributed by atoms with van der Waals surface area (Å²) >= 11 is 0. The Hall–Kier alpha value is -2.71. The Kier molecular flexibility index (Phi) is 7.16. The molecule has 1 aliphatic heterocycles. The van der Waals surface area contributed by atoms with Gasteiger partial charge in [-0.2, -0.15) is 0 Å². The molecule has 1 fully saturated rings. The molecule has 3 rings (SSSR count). The molecule has 0 unspecified atom stereocenters. The number of benzene rings is 1. The molecule has 0 atom stereocenters. The van der Waals surface area contributed by atoms with Crippen molar-refractivity contribution in [2.24, 2.45) is 0 Å². The van der Waals surface area contributed by atoms with Crippen LogP contribution in [-0.2, 0) is 4.74 Å². The van der Waals surface area contributed by atoms with Gasteiger partial charge >= 0.3 is 0 Å². The van der Waals surface area contributed by atoms with Crippen LogP contribution in [0.4, 0.5) is 17.2 Å². The average molecular weight is 384 g/mol. The molecule has 1 aliphatic rings. The average Bonchev–Trinajstić information content (AvgIpc) is 2.73. The van der Waals surface area contributed by atoms with Crippen molar-refractivity contribution in [1.82, 2.24) is 20.4 Å². The molecule has 0 bridgehead atoms. The van der Waals surface area contributed by atoms with Crippen molar-refractivity contribution in [3.8, 4) is 0 Å². The second-order valence-electron chi connectivity index (χ2n) is 6.87. The summed E-state index contributed by atoms with van der Waals surface area (Å²) in [6, 6.07) is 11.7. The molecule has 1 saturated heterocycles. The lowest BCUT2D eigenvalue weighted by molar-refractivity contribution is 0.0942. The molecule has 2 heterocycles. The number of amides is 1. The number of anilines is 3. The monoisotopic (exact) mass is 384 g/mol. The van der Waals surface area contributed by atoms with Crippen LogP contribution in [0, 0.1) is 0 Å². The van der Waals surface area contributed by atoms with Crippen molar-refractivity contribution in [1.29, 1.82) is 0 Å². The second-order valence-corrected chi connectivity index (χ2v) is 6.87. The number of aromatic nitrogens is 2. The highest BCUT2D eigenvalue weighted by Crippen LogP contribution is 2.21. The number of likely N-dealkylation sites (N-methyl/N-ethyl adjacent to an activating group) is 1. The fourth-order valence-electron chi connectivity index (χ4n) is 3.00. The highest BCUT2D eigenvalue weighted by Gasteiger charge is 2.14. The zero-order valence-corrected chi connectivity index (χ0v) is 16.5. The number of hydrogen-bond acceptors (Lipinski definition) is 7. The number of hydrogen-bond donors (Lipinski definition) is 2. The van der Waals surface area contributed by atoms with Crippen molar-refractivity contribution in [3.63, 3.8) is 0 Å². The number of nitrogens with one attached hydrogen (secondary N) is 2. The standard InChI is InChI=1S/C20H28N6O2/c1-25-11-13-26(14-12-25)17-6-4-16(5-7-17)22-19-9-8-18(23-24-19)20(27)21-10-3-15-28-2/h4-9H,3,10-15H2,1-2H3,(H,21,27)(H,22,24). The normalized spacial score (nSPS) is 14.7. The number of ether oxygens (including phenoxy) is 1. The number of carbonyl (C=O) groups is 1. The van der Waals surface area contributed by atoms with Crippen molar-refractivity contribution >= 4 is 23.1 Å². The van der Waals surface area contributed by atoms with Crippen LogP contribution in [0.2, 0.25) is 0 Å². The summed E-state index contributed by atoms with van der Waals surface area (Å²) in [6.45, 7) is 5.42. The van der Waals surface area contributed by atoms with Gasteiger partial charge in [0, 0.05) is 57.8 Å². The first-order valence-corrected chi connectivity index (χ1v) is 9.57. The van der Waals surface area contributed by atoms with E-state index in [-0.39, 0.29) is 5.91 Å². The van der Waals surface area contributed by atoms with E-state index in [1.807, 2.05) is 12.1 Å². The van der Waals surface area contributed by atoms with Crippen LogP contribution in [0.3, 0.4) is 0 Å². The van der Waals surface area contributed by atoms with E-state index in [0.717, 1.165) is 38.3 Å². The minimum absolute atomic E-state index is 0.230. The van der Waals surface area contributed by atoms with Crippen LogP contribution in [0.15, 0.2) is 36.4 Å². The Morgan fingerprint density at radius 2 is 1.82 bits per heavy atom. The van der Waals surface area contributed by atoms with Gasteiger partial charge in [0.05, 0.1) is 0 Å². The van der Waals surface area contributed by atoms with Gasteiger partial charge in [-0.25, -0.2) is 0 Å². The summed E-state index contributed by atoms with van der Waals surface area (Å²) in [5.41, 5.74) is 2.46. The summed E-state index contributed by atoms with van der Waals surface area (Å²) in [7, 11) is 3.79. The van der Waals surface area contributed by atoms with Gasteiger partial charge in [-0.05, 0) is 49.9 Å². The third-order valence-corrected chi connectivity index (χ3v) is 4.72. The molecule has 2 aromatic rings. The first-order chi connectivity index (χ1) is 13.7. The van der Waals surface area contributed by atoms with Crippen molar-refractivity contribution in [3.05, 3.63) is 42.1 Å². The zero-order chi connectivity index (χ0) is 19.8. The maximum absolute atomic E-state index is 12.0. The van der Waals surface area contributed by atoms with Gasteiger partial charge in [0.15, 0.2) is 11.5 Å². The highest BCUT2D eigenvalue weighted by molar-refractivity contribution is 5.92.